The van der Waals surface area contributed by atoms with Gasteiger partial charge in [0.15, 0.2) is 5.82 Å². The van der Waals surface area contributed by atoms with Crippen molar-refractivity contribution in [1.29, 1.82) is 0 Å². The second kappa shape index (κ2) is 7.29. The third kappa shape index (κ3) is 3.83. The first-order valence-electron chi connectivity index (χ1n) is 7.22. The summed E-state index contributed by atoms with van der Waals surface area (Å²) in [5.41, 5.74) is 0.897. The molecule has 0 aliphatic carbocycles. The number of aryl methyl sites for hydroxylation is 1. The van der Waals surface area contributed by atoms with E-state index in [-0.39, 0.29) is 11.9 Å². The molecule has 1 saturated heterocycles. The Hall–Kier alpha value is -1.63. The lowest BCUT2D eigenvalue weighted by Gasteiger charge is -2.33. The molecule has 2 aromatic rings. The minimum Gasteiger partial charge on any atom is -0.377 e. The zero-order valence-corrected chi connectivity index (χ0v) is 13.8. The van der Waals surface area contributed by atoms with E-state index in [1.807, 2.05) is 6.07 Å². The van der Waals surface area contributed by atoms with Crippen molar-refractivity contribution >= 4 is 29.1 Å². The van der Waals surface area contributed by atoms with E-state index in [1.54, 1.807) is 17.0 Å². The van der Waals surface area contributed by atoms with Crippen molar-refractivity contribution in [2.45, 2.75) is 18.9 Å². The molecule has 23 heavy (non-hydrogen) atoms. The van der Waals surface area contributed by atoms with E-state index < -0.39 is 0 Å². The Morgan fingerprint density at radius 3 is 3.00 bits per heavy atom. The zero-order valence-electron chi connectivity index (χ0n) is 12.2. The van der Waals surface area contributed by atoms with Crippen LogP contribution in [0.3, 0.4) is 0 Å². The number of nitrogens with zero attached hydrogens (tertiary/aromatic N) is 3. The van der Waals surface area contributed by atoms with Gasteiger partial charge in [0.25, 0.3) is 0 Å². The normalized spacial score (nSPS) is 18.2. The van der Waals surface area contributed by atoms with Gasteiger partial charge in [-0.15, -0.1) is 0 Å². The standard InChI is InChI=1S/C15H15Cl2N3O3/c16-11-3-1-10(12(17)7-11)2-4-14(21)20-5-6-22-8-13(20)15-18-9-23-19-15/h1,3,7,9,13H,2,4-6,8H2/t13-/m0/s1. The van der Waals surface area contributed by atoms with Gasteiger partial charge < -0.3 is 14.2 Å². The van der Waals surface area contributed by atoms with Gasteiger partial charge >= 0.3 is 0 Å². The molecule has 3 rings (SSSR count). The van der Waals surface area contributed by atoms with Gasteiger partial charge in [-0.2, -0.15) is 4.98 Å². The smallest absolute Gasteiger partial charge is 0.223 e. The first-order valence-corrected chi connectivity index (χ1v) is 7.98. The molecule has 1 amide bonds. The summed E-state index contributed by atoms with van der Waals surface area (Å²) < 4.78 is 10.2. The summed E-state index contributed by atoms with van der Waals surface area (Å²) >= 11 is 12.0. The fraction of sp³-hybridized carbons (Fsp3) is 0.400. The van der Waals surface area contributed by atoms with Crippen molar-refractivity contribution in [2.75, 3.05) is 19.8 Å². The third-order valence-corrected chi connectivity index (χ3v) is 4.34. The van der Waals surface area contributed by atoms with E-state index >= 15 is 0 Å². The number of morpholine rings is 1. The number of hydrogen-bond donors (Lipinski definition) is 0. The Balaban J connectivity index is 1.66. The average molecular weight is 356 g/mol. The number of hydrogen-bond acceptors (Lipinski definition) is 5. The van der Waals surface area contributed by atoms with Gasteiger partial charge in [-0.1, -0.05) is 34.4 Å². The molecule has 1 aliphatic rings. The van der Waals surface area contributed by atoms with E-state index in [2.05, 4.69) is 10.1 Å². The molecule has 2 heterocycles. The number of halogens is 2. The van der Waals surface area contributed by atoms with Crippen LogP contribution in [0.1, 0.15) is 23.9 Å². The SMILES string of the molecule is O=C(CCc1ccc(Cl)cc1Cl)N1CCOC[C@H]1c1ncon1. The topological polar surface area (TPSA) is 68.5 Å². The van der Waals surface area contributed by atoms with Gasteiger partial charge in [0, 0.05) is 23.0 Å². The summed E-state index contributed by atoms with van der Waals surface area (Å²) in [6.45, 7) is 1.38. The van der Waals surface area contributed by atoms with Gasteiger partial charge in [0.1, 0.15) is 6.04 Å². The van der Waals surface area contributed by atoms with E-state index in [0.717, 1.165) is 5.56 Å². The fourth-order valence-electron chi connectivity index (χ4n) is 2.55. The number of ether oxygens (including phenoxy) is 1. The lowest BCUT2D eigenvalue weighted by atomic mass is 10.1. The van der Waals surface area contributed by atoms with Crippen LogP contribution in [-0.2, 0) is 16.0 Å². The zero-order chi connectivity index (χ0) is 16.2. The molecule has 0 radical (unpaired) electrons. The molecular weight excluding hydrogens is 341 g/mol. The Morgan fingerprint density at radius 2 is 2.26 bits per heavy atom. The van der Waals surface area contributed by atoms with Gasteiger partial charge in [0.2, 0.25) is 12.3 Å². The Bertz CT molecular complexity index is 679. The summed E-state index contributed by atoms with van der Waals surface area (Å²) in [5.74, 6) is 0.469. The molecule has 1 aromatic carbocycles. The lowest BCUT2D eigenvalue weighted by Crippen LogP contribution is -2.43. The van der Waals surface area contributed by atoms with Crippen molar-refractivity contribution in [1.82, 2.24) is 15.0 Å². The molecule has 8 heteroatoms. The number of rotatable bonds is 4. The predicted molar refractivity (Wildman–Crippen MR) is 84.4 cm³/mol. The predicted octanol–water partition coefficient (Wildman–Crippen LogP) is 2.91. The van der Waals surface area contributed by atoms with Crippen molar-refractivity contribution in [3.05, 3.63) is 46.0 Å². The summed E-state index contributed by atoms with van der Waals surface area (Å²) in [7, 11) is 0. The molecule has 6 nitrogen and oxygen atoms in total. The van der Waals surface area contributed by atoms with E-state index in [1.165, 1.54) is 6.39 Å². The van der Waals surface area contributed by atoms with Gasteiger partial charge in [-0.05, 0) is 24.1 Å². The van der Waals surface area contributed by atoms with Gasteiger partial charge in [-0.3, -0.25) is 4.79 Å². The maximum atomic E-state index is 12.6. The average Bonchev–Trinajstić information content (AvgIpc) is 3.08. The first-order chi connectivity index (χ1) is 11.1. The van der Waals surface area contributed by atoms with Crippen LogP contribution < -0.4 is 0 Å². The molecule has 1 atom stereocenters. The highest BCUT2D eigenvalue weighted by Crippen LogP contribution is 2.25. The fourth-order valence-corrected chi connectivity index (χ4v) is 3.05. The monoisotopic (exact) mass is 355 g/mol. The van der Waals surface area contributed by atoms with Crippen LogP contribution in [0.5, 0.6) is 0 Å². The van der Waals surface area contributed by atoms with Crippen LogP contribution in [0.15, 0.2) is 29.1 Å². The summed E-state index contributed by atoms with van der Waals surface area (Å²) in [4.78, 5) is 18.3. The highest BCUT2D eigenvalue weighted by molar-refractivity contribution is 6.35. The van der Waals surface area contributed by atoms with Crippen LogP contribution in [0, 0.1) is 0 Å². The van der Waals surface area contributed by atoms with E-state index in [4.69, 9.17) is 32.5 Å². The van der Waals surface area contributed by atoms with Crippen LogP contribution in [0.2, 0.25) is 10.0 Å². The minimum atomic E-state index is -0.310. The molecule has 0 unspecified atom stereocenters. The highest BCUT2D eigenvalue weighted by Gasteiger charge is 2.31. The largest absolute Gasteiger partial charge is 0.377 e. The minimum absolute atomic E-state index is 0.00844. The molecule has 1 aromatic heterocycles. The third-order valence-electron chi connectivity index (χ3n) is 3.75. The van der Waals surface area contributed by atoms with Gasteiger partial charge in [-0.25, -0.2) is 0 Å². The molecule has 0 N–H and O–H groups in total. The van der Waals surface area contributed by atoms with Crippen LogP contribution in [0.4, 0.5) is 0 Å². The second-order valence-corrected chi connectivity index (χ2v) is 6.05. The maximum Gasteiger partial charge on any atom is 0.223 e. The van der Waals surface area contributed by atoms with E-state index in [9.17, 15) is 4.79 Å². The Morgan fingerprint density at radius 1 is 1.39 bits per heavy atom. The van der Waals surface area contributed by atoms with Crippen molar-refractivity contribution in [2.24, 2.45) is 0 Å². The number of carbonyl (C=O) groups is 1. The first kappa shape index (κ1) is 16.2. The molecule has 0 spiro atoms. The van der Waals surface area contributed by atoms with E-state index in [0.29, 0.717) is 48.5 Å². The molecule has 0 saturated carbocycles. The number of benzene rings is 1. The van der Waals surface area contributed by atoms with Crippen LogP contribution in [-0.4, -0.2) is 40.7 Å². The summed E-state index contributed by atoms with van der Waals surface area (Å²) in [6, 6.07) is 4.98. The molecule has 1 aliphatic heterocycles. The Labute approximate surface area is 143 Å². The number of amides is 1. The van der Waals surface area contributed by atoms with Crippen molar-refractivity contribution in [3.8, 4) is 0 Å². The number of carbonyl (C=O) groups excluding carboxylic acids is 1. The lowest BCUT2D eigenvalue weighted by molar-refractivity contribution is -0.140. The highest BCUT2D eigenvalue weighted by atomic mass is 35.5. The molecule has 1 fully saturated rings. The Kier molecular flexibility index (Phi) is 5.15. The number of aromatic nitrogens is 2. The molecule has 122 valence electrons. The van der Waals surface area contributed by atoms with Crippen molar-refractivity contribution in [3.63, 3.8) is 0 Å². The second-order valence-electron chi connectivity index (χ2n) is 5.20. The molecule has 0 bridgehead atoms. The van der Waals surface area contributed by atoms with Crippen LogP contribution in [0.25, 0.3) is 0 Å². The quantitative estimate of drug-likeness (QED) is 0.843. The van der Waals surface area contributed by atoms with Crippen molar-refractivity contribution < 1.29 is 14.1 Å². The summed E-state index contributed by atoms with van der Waals surface area (Å²) in [6.07, 6.45) is 2.14. The molecular formula is C15H15Cl2N3O3. The summed E-state index contributed by atoms with van der Waals surface area (Å²) in [5, 5.41) is 4.97. The van der Waals surface area contributed by atoms with Crippen LogP contribution >= 0.6 is 23.2 Å². The maximum absolute atomic E-state index is 12.6. The van der Waals surface area contributed by atoms with Gasteiger partial charge in [0.05, 0.1) is 13.2 Å².